The number of imide groups is 1. The molecule has 17 heteroatoms. The number of carbonyl (C=O) groups excluding carboxylic acids is 5. The number of fused-ring (bicyclic) bond motifs is 6. The number of aliphatic hydroxyl groups excluding tert-OH is 1. The van der Waals surface area contributed by atoms with Crippen molar-refractivity contribution >= 4 is 62.4 Å². The zero-order valence-electron chi connectivity index (χ0n) is 28.2. The summed E-state index contributed by atoms with van der Waals surface area (Å²) in [4.78, 5) is 87.2. The molecule has 0 aliphatic carbocycles. The van der Waals surface area contributed by atoms with Crippen molar-refractivity contribution in [1.29, 1.82) is 0 Å². The maximum absolute atomic E-state index is 14.2. The number of hydroxylamine groups is 2. The first kappa shape index (κ1) is 35.0. The van der Waals surface area contributed by atoms with E-state index in [0.717, 1.165) is 0 Å². The Balaban J connectivity index is 1.18. The van der Waals surface area contributed by atoms with Crippen molar-refractivity contribution in [3.05, 3.63) is 46.4 Å². The summed E-state index contributed by atoms with van der Waals surface area (Å²) in [5.41, 5.74) is 1.19. The van der Waals surface area contributed by atoms with Crippen LogP contribution in [0.4, 0.5) is 4.79 Å². The Hall–Kier alpha value is -5.81. The number of hydrogen-bond acceptors (Lipinski definition) is 13. The van der Waals surface area contributed by atoms with Crippen molar-refractivity contribution in [1.82, 2.24) is 29.7 Å². The van der Waals surface area contributed by atoms with Gasteiger partial charge < -0.3 is 43.8 Å². The third kappa shape index (κ3) is 7.25. The number of hydrogen-bond donors (Lipinski definition) is 2. The standard InChI is InChI=1S/C34H36N6O11/c1-37(2)10-11-39-32-22-14-26-27(49-18-48-26)15-24(22)36-16-23(32)20-12-19(17-41)25(13-21(20)33(39)46)50-34(47)38(3)9-8-35-28(42)4-7-31(45)51-40-29(43)5-6-30(40)44/h12-16,41H,4-11,17-18H2,1-3H3,(H,35,42). The fourth-order valence-corrected chi connectivity index (χ4v) is 5.79. The van der Waals surface area contributed by atoms with Gasteiger partial charge in [-0.1, -0.05) is 0 Å². The Morgan fingerprint density at radius 2 is 1.65 bits per heavy atom. The van der Waals surface area contributed by atoms with Gasteiger partial charge in [-0.3, -0.25) is 24.2 Å². The molecule has 2 aliphatic heterocycles. The Labute approximate surface area is 290 Å². The molecular weight excluding hydrogens is 668 g/mol. The van der Waals surface area contributed by atoms with Gasteiger partial charge in [-0.25, -0.2) is 9.59 Å². The molecule has 0 atom stereocenters. The van der Waals surface area contributed by atoms with Gasteiger partial charge in [0.2, 0.25) is 12.7 Å². The largest absolute Gasteiger partial charge is 0.454 e. The summed E-state index contributed by atoms with van der Waals surface area (Å²) >= 11 is 0. The smallest absolute Gasteiger partial charge is 0.415 e. The lowest BCUT2D eigenvalue weighted by atomic mass is 10.0. The number of rotatable bonds is 12. The number of amides is 4. The average Bonchev–Trinajstić information content (AvgIpc) is 3.70. The topological polar surface area (TPSA) is 199 Å². The summed E-state index contributed by atoms with van der Waals surface area (Å²) in [6.45, 7) is 0.515. The van der Waals surface area contributed by atoms with Gasteiger partial charge in [0.1, 0.15) is 5.75 Å². The van der Waals surface area contributed by atoms with Crippen LogP contribution in [0.1, 0.15) is 31.2 Å². The van der Waals surface area contributed by atoms with Crippen molar-refractivity contribution in [2.24, 2.45) is 0 Å². The molecule has 0 bridgehead atoms. The molecule has 1 fully saturated rings. The zero-order chi connectivity index (χ0) is 36.4. The van der Waals surface area contributed by atoms with Gasteiger partial charge in [0, 0.05) is 81.1 Å². The summed E-state index contributed by atoms with van der Waals surface area (Å²) in [5.74, 6) is -1.56. The van der Waals surface area contributed by atoms with Crippen LogP contribution in [0.2, 0.25) is 0 Å². The molecule has 2 N–H and O–H groups in total. The lowest BCUT2D eigenvalue weighted by molar-refractivity contribution is -0.197. The minimum absolute atomic E-state index is 0.00732. The maximum Gasteiger partial charge on any atom is 0.415 e. The molecule has 2 aliphatic rings. The van der Waals surface area contributed by atoms with E-state index < -0.39 is 36.4 Å². The van der Waals surface area contributed by atoms with Gasteiger partial charge in [0.25, 0.3) is 17.4 Å². The van der Waals surface area contributed by atoms with Gasteiger partial charge in [0.15, 0.2) is 11.5 Å². The monoisotopic (exact) mass is 704 g/mol. The number of pyridine rings is 2. The molecule has 0 spiro atoms. The fourth-order valence-electron chi connectivity index (χ4n) is 5.79. The minimum Gasteiger partial charge on any atom is -0.454 e. The third-order valence-corrected chi connectivity index (χ3v) is 8.54. The molecule has 17 nitrogen and oxygen atoms in total. The van der Waals surface area contributed by atoms with Crippen LogP contribution in [0.15, 0.2) is 35.3 Å². The van der Waals surface area contributed by atoms with Crippen molar-refractivity contribution < 1.29 is 48.1 Å². The number of nitrogens with zero attached hydrogens (tertiary/aromatic N) is 5. The minimum atomic E-state index is -0.903. The molecule has 268 valence electrons. The summed E-state index contributed by atoms with van der Waals surface area (Å²) in [5, 5.41) is 15.4. The quantitative estimate of drug-likeness (QED) is 0.159. The molecule has 4 heterocycles. The summed E-state index contributed by atoms with van der Waals surface area (Å²) in [7, 11) is 5.25. The Morgan fingerprint density at radius 3 is 2.35 bits per heavy atom. The molecule has 1 saturated heterocycles. The van der Waals surface area contributed by atoms with Crippen molar-refractivity contribution in [3.63, 3.8) is 0 Å². The number of likely N-dealkylation sites (N-methyl/N-ethyl adjacent to an activating group) is 2. The lowest BCUT2D eigenvalue weighted by Crippen LogP contribution is -2.38. The molecule has 6 rings (SSSR count). The highest BCUT2D eigenvalue weighted by atomic mass is 16.7. The highest BCUT2D eigenvalue weighted by Crippen LogP contribution is 2.39. The first-order chi connectivity index (χ1) is 24.4. The predicted octanol–water partition coefficient (Wildman–Crippen LogP) is 1.42. The van der Waals surface area contributed by atoms with Crippen molar-refractivity contribution in [3.8, 4) is 17.2 Å². The Morgan fingerprint density at radius 1 is 0.922 bits per heavy atom. The summed E-state index contributed by atoms with van der Waals surface area (Å²) in [6.07, 6.45) is 0.151. The van der Waals surface area contributed by atoms with E-state index in [-0.39, 0.29) is 67.8 Å². The van der Waals surface area contributed by atoms with Gasteiger partial charge in [0.05, 0.1) is 29.4 Å². The molecule has 0 saturated carbocycles. The average molecular weight is 705 g/mol. The zero-order valence-corrected chi connectivity index (χ0v) is 28.2. The van der Waals surface area contributed by atoms with Gasteiger partial charge in [-0.15, -0.1) is 5.06 Å². The number of aliphatic hydroxyl groups is 1. The second-order valence-electron chi connectivity index (χ2n) is 12.4. The molecular formula is C34H36N6O11. The van der Waals surface area contributed by atoms with Crippen LogP contribution in [0.3, 0.4) is 0 Å². The van der Waals surface area contributed by atoms with E-state index in [9.17, 15) is 33.9 Å². The first-order valence-corrected chi connectivity index (χ1v) is 16.2. The van der Waals surface area contributed by atoms with Crippen LogP contribution in [-0.2, 0) is 37.2 Å². The van der Waals surface area contributed by atoms with Crippen LogP contribution in [0, 0.1) is 0 Å². The van der Waals surface area contributed by atoms with Crippen LogP contribution in [0.25, 0.3) is 32.6 Å². The predicted molar refractivity (Wildman–Crippen MR) is 180 cm³/mol. The first-order valence-electron chi connectivity index (χ1n) is 16.2. The second kappa shape index (κ2) is 14.6. The van der Waals surface area contributed by atoms with E-state index >= 15 is 0 Å². The second-order valence-corrected chi connectivity index (χ2v) is 12.4. The maximum atomic E-state index is 14.2. The van der Waals surface area contributed by atoms with Gasteiger partial charge in [-0.2, -0.15) is 0 Å². The van der Waals surface area contributed by atoms with E-state index in [1.54, 1.807) is 22.9 Å². The molecule has 2 aromatic heterocycles. The summed E-state index contributed by atoms with van der Waals surface area (Å²) in [6, 6.07) is 6.63. The molecule has 4 aromatic rings. The van der Waals surface area contributed by atoms with Crippen molar-refractivity contribution in [2.45, 2.75) is 38.8 Å². The lowest BCUT2D eigenvalue weighted by Gasteiger charge is -2.20. The van der Waals surface area contributed by atoms with Crippen LogP contribution in [0.5, 0.6) is 17.2 Å². The van der Waals surface area contributed by atoms with Gasteiger partial charge >= 0.3 is 12.1 Å². The number of aromatic nitrogens is 2. The third-order valence-electron chi connectivity index (χ3n) is 8.54. The van der Waals surface area contributed by atoms with E-state index in [1.807, 2.05) is 25.1 Å². The highest BCUT2D eigenvalue weighted by Gasteiger charge is 2.33. The normalized spacial score (nSPS) is 13.9. The molecule has 2 aromatic carbocycles. The number of ether oxygens (including phenoxy) is 3. The molecule has 0 radical (unpaired) electrons. The van der Waals surface area contributed by atoms with Crippen LogP contribution in [-0.4, -0.2) is 107 Å². The van der Waals surface area contributed by atoms with Gasteiger partial charge in [-0.05, 0) is 37.7 Å². The van der Waals surface area contributed by atoms with E-state index in [2.05, 4.69) is 10.3 Å². The Bertz CT molecular complexity index is 2130. The number of carbonyl (C=O) groups is 5. The Kier molecular flexibility index (Phi) is 10.0. The number of benzene rings is 2. The number of nitrogens with one attached hydrogen (secondary N) is 1. The van der Waals surface area contributed by atoms with Crippen LogP contribution >= 0.6 is 0 Å². The van der Waals surface area contributed by atoms with Crippen LogP contribution < -0.4 is 25.1 Å². The van der Waals surface area contributed by atoms with E-state index in [1.165, 1.54) is 18.0 Å². The highest BCUT2D eigenvalue weighted by molar-refractivity contribution is 6.15. The fraction of sp³-hybridized carbons (Fsp3) is 0.382. The van der Waals surface area contributed by atoms with E-state index in [4.69, 9.17) is 19.0 Å². The molecule has 4 amide bonds. The summed E-state index contributed by atoms with van der Waals surface area (Å²) < 4.78 is 18.4. The molecule has 0 unspecified atom stereocenters. The van der Waals surface area contributed by atoms with E-state index in [0.29, 0.717) is 56.8 Å². The SMILES string of the molecule is CN(C)CCn1c(=O)c2cc(OC(=O)N(C)CCNC(=O)CCC(=O)ON3C(=O)CCC3=O)c(CO)cc2c2cnc3cc4c(cc3c21)OCO4. The molecule has 51 heavy (non-hydrogen) atoms. The van der Waals surface area contributed by atoms with Crippen molar-refractivity contribution in [2.75, 3.05) is 47.6 Å².